The van der Waals surface area contributed by atoms with Crippen molar-refractivity contribution < 1.29 is 4.74 Å². The Labute approximate surface area is 96.6 Å². The number of rotatable bonds is 11. The van der Waals surface area contributed by atoms with Crippen LogP contribution < -0.4 is 0 Å². The summed E-state index contributed by atoms with van der Waals surface area (Å²) in [6, 6.07) is 0. The average Bonchev–Trinajstić information content (AvgIpc) is 2.26. The van der Waals surface area contributed by atoms with E-state index in [0.29, 0.717) is 6.10 Å². The highest BCUT2D eigenvalue weighted by Gasteiger charge is 2.05. The summed E-state index contributed by atoms with van der Waals surface area (Å²) in [6.07, 6.45) is 13.0. The van der Waals surface area contributed by atoms with Gasteiger partial charge in [-0.05, 0) is 19.3 Å². The highest BCUT2D eigenvalue weighted by molar-refractivity contribution is 4.71. The molecule has 0 saturated heterocycles. The van der Waals surface area contributed by atoms with E-state index in [1.54, 1.807) is 0 Å². The highest BCUT2D eigenvalue weighted by Crippen LogP contribution is 2.11. The molecule has 0 saturated carbocycles. The second-order valence-corrected chi connectivity index (χ2v) is 4.30. The molecule has 0 heterocycles. The fourth-order valence-corrected chi connectivity index (χ4v) is 1.67. The van der Waals surface area contributed by atoms with Gasteiger partial charge in [-0.15, -0.1) is 0 Å². The van der Waals surface area contributed by atoms with E-state index in [0.717, 1.165) is 6.61 Å². The van der Waals surface area contributed by atoms with E-state index in [9.17, 15) is 0 Å². The number of hydrogen-bond donors (Lipinski definition) is 0. The third-order valence-electron chi connectivity index (χ3n) is 2.79. The van der Waals surface area contributed by atoms with Gasteiger partial charge in [0, 0.05) is 6.61 Å². The van der Waals surface area contributed by atoms with Crippen molar-refractivity contribution in [3.63, 3.8) is 0 Å². The van der Waals surface area contributed by atoms with Crippen LogP contribution in [0.15, 0.2) is 0 Å². The molecule has 15 heavy (non-hydrogen) atoms. The van der Waals surface area contributed by atoms with Gasteiger partial charge in [-0.2, -0.15) is 0 Å². The predicted molar refractivity (Wildman–Crippen MR) is 68.0 cm³/mol. The molecule has 0 aliphatic rings. The standard InChI is InChI=1S/C14H29O/c1-4-7-9-10-11-12-14(6-3)15-13-8-5-2/h6,14H,4-5,7-13H2,1-3H3. The van der Waals surface area contributed by atoms with Gasteiger partial charge in [0.05, 0.1) is 6.10 Å². The van der Waals surface area contributed by atoms with Gasteiger partial charge in [0.1, 0.15) is 0 Å². The Balaban J connectivity index is 3.28. The van der Waals surface area contributed by atoms with Gasteiger partial charge < -0.3 is 4.74 Å². The van der Waals surface area contributed by atoms with Gasteiger partial charge in [-0.3, -0.25) is 0 Å². The molecule has 0 aliphatic carbocycles. The van der Waals surface area contributed by atoms with Gasteiger partial charge >= 0.3 is 0 Å². The molecular weight excluding hydrogens is 184 g/mol. The molecular formula is C14H29O. The lowest BCUT2D eigenvalue weighted by Crippen LogP contribution is -2.13. The summed E-state index contributed by atoms with van der Waals surface area (Å²) in [5.74, 6) is 0. The number of unbranched alkanes of at least 4 members (excludes halogenated alkanes) is 5. The monoisotopic (exact) mass is 213 g/mol. The first-order valence-corrected chi connectivity index (χ1v) is 6.76. The topological polar surface area (TPSA) is 9.23 Å². The third-order valence-corrected chi connectivity index (χ3v) is 2.79. The van der Waals surface area contributed by atoms with Crippen molar-refractivity contribution in [2.24, 2.45) is 0 Å². The van der Waals surface area contributed by atoms with Crippen molar-refractivity contribution >= 4 is 0 Å². The first-order chi connectivity index (χ1) is 7.35. The lowest BCUT2D eigenvalue weighted by atomic mass is 10.1. The first-order valence-electron chi connectivity index (χ1n) is 6.76. The molecule has 0 N–H and O–H groups in total. The lowest BCUT2D eigenvalue weighted by Gasteiger charge is -2.15. The maximum atomic E-state index is 5.78. The van der Waals surface area contributed by atoms with Crippen LogP contribution in [0.25, 0.3) is 0 Å². The van der Waals surface area contributed by atoms with E-state index in [2.05, 4.69) is 27.2 Å². The maximum Gasteiger partial charge on any atom is 0.0604 e. The zero-order chi connectivity index (χ0) is 11.4. The Morgan fingerprint density at radius 2 is 1.60 bits per heavy atom. The smallest absolute Gasteiger partial charge is 0.0604 e. The van der Waals surface area contributed by atoms with Gasteiger partial charge in [-0.1, -0.05) is 59.3 Å². The Bertz CT molecular complexity index is 112. The molecule has 1 unspecified atom stereocenters. The van der Waals surface area contributed by atoms with Crippen LogP contribution in [0.5, 0.6) is 0 Å². The molecule has 0 fully saturated rings. The first kappa shape index (κ1) is 15.0. The fraction of sp³-hybridized carbons (Fsp3) is 0.929. The van der Waals surface area contributed by atoms with Crippen molar-refractivity contribution in [2.75, 3.05) is 6.61 Å². The van der Waals surface area contributed by atoms with E-state index in [1.165, 1.54) is 51.4 Å². The van der Waals surface area contributed by atoms with Crippen LogP contribution in [-0.4, -0.2) is 12.7 Å². The Morgan fingerprint density at radius 1 is 0.933 bits per heavy atom. The summed E-state index contributed by atoms with van der Waals surface area (Å²) in [6.45, 7) is 7.51. The predicted octanol–water partition coefficient (Wildman–Crippen LogP) is 4.76. The molecule has 0 rings (SSSR count). The molecule has 0 aromatic carbocycles. The second kappa shape index (κ2) is 12.0. The molecule has 0 aromatic heterocycles. The normalized spacial score (nSPS) is 13.0. The summed E-state index contributed by atoms with van der Waals surface area (Å²) in [5.41, 5.74) is 0. The van der Waals surface area contributed by atoms with Crippen LogP contribution >= 0.6 is 0 Å². The van der Waals surface area contributed by atoms with E-state index in [4.69, 9.17) is 4.74 Å². The Kier molecular flexibility index (Phi) is 12.0. The zero-order valence-corrected chi connectivity index (χ0v) is 10.9. The van der Waals surface area contributed by atoms with E-state index >= 15 is 0 Å². The maximum absolute atomic E-state index is 5.78. The molecule has 0 bridgehead atoms. The summed E-state index contributed by atoms with van der Waals surface area (Å²) < 4.78 is 5.78. The molecule has 1 radical (unpaired) electrons. The molecule has 0 aliphatic heterocycles. The van der Waals surface area contributed by atoms with Crippen LogP contribution in [-0.2, 0) is 4.74 Å². The van der Waals surface area contributed by atoms with Crippen LogP contribution in [0.2, 0.25) is 0 Å². The highest BCUT2D eigenvalue weighted by atomic mass is 16.5. The molecule has 0 spiro atoms. The molecule has 1 heteroatoms. The van der Waals surface area contributed by atoms with Crippen molar-refractivity contribution in [2.45, 2.75) is 78.2 Å². The quantitative estimate of drug-likeness (QED) is 0.450. The summed E-state index contributed by atoms with van der Waals surface area (Å²) >= 11 is 0. The van der Waals surface area contributed by atoms with Crippen molar-refractivity contribution in [1.29, 1.82) is 0 Å². The van der Waals surface area contributed by atoms with Gasteiger partial charge in [0.25, 0.3) is 0 Å². The number of ether oxygens (including phenoxy) is 1. The van der Waals surface area contributed by atoms with Crippen molar-refractivity contribution in [1.82, 2.24) is 0 Å². The average molecular weight is 213 g/mol. The lowest BCUT2D eigenvalue weighted by molar-refractivity contribution is 0.0653. The molecule has 0 amide bonds. The largest absolute Gasteiger partial charge is 0.378 e. The van der Waals surface area contributed by atoms with Crippen LogP contribution in [0.4, 0.5) is 0 Å². The third kappa shape index (κ3) is 10.2. The van der Waals surface area contributed by atoms with E-state index < -0.39 is 0 Å². The minimum absolute atomic E-state index is 0.401. The van der Waals surface area contributed by atoms with Gasteiger partial charge in [0.2, 0.25) is 0 Å². The van der Waals surface area contributed by atoms with Crippen LogP contribution in [0, 0.1) is 6.42 Å². The molecule has 0 aromatic rings. The van der Waals surface area contributed by atoms with Crippen LogP contribution in [0.3, 0.4) is 0 Å². The summed E-state index contributed by atoms with van der Waals surface area (Å²) in [4.78, 5) is 0. The van der Waals surface area contributed by atoms with Gasteiger partial charge in [0.15, 0.2) is 0 Å². The van der Waals surface area contributed by atoms with Crippen molar-refractivity contribution in [3.8, 4) is 0 Å². The molecule has 1 nitrogen and oxygen atoms in total. The Hall–Kier alpha value is -0.0400. The van der Waals surface area contributed by atoms with Gasteiger partial charge in [-0.25, -0.2) is 0 Å². The zero-order valence-electron chi connectivity index (χ0n) is 10.9. The van der Waals surface area contributed by atoms with E-state index in [1.807, 2.05) is 0 Å². The Morgan fingerprint density at radius 3 is 2.20 bits per heavy atom. The molecule has 91 valence electrons. The summed E-state index contributed by atoms with van der Waals surface area (Å²) in [7, 11) is 0. The minimum Gasteiger partial charge on any atom is -0.378 e. The van der Waals surface area contributed by atoms with Crippen LogP contribution in [0.1, 0.15) is 72.1 Å². The van der Waals surface area contributed by atoms with E-state index in [-0.39, 0.29) is 0 Å². The fourth-order valence-electron chi connectivity index (χ4n) is 1.67. The minimum atomic E-state index is 0.401. The van der Waals surface area contributed by atoms with Crippen molar-refractivity contribution in [3.05, 3.63) is 6.42 Å². The molecule has 1 atom stereocenters. The summed E-state index contributed by atoms with van der Waals surface area (Å²) in [5, 5.41) is 0. The second-order valence-electron chi connectivity index (χ2n) is 4.30. The number of hydrogen-bond acceptors (Lipinski definition) is 1. The SMILES string of the molecule is C[CH]C(CCCCCCC)OCCCC.